The second-order valence-corrected chi connectivity index (χ2v) is 32.7. The lowest BCUT2D eigenvalue weighted by atomic mass is 9.82. The summed E-state index contributed by atoms with van der Waals surface area (Å²) in [6.45, 7) is 20.4. The minimum atomic E-state index is -1.54. The van der Waals surface area contributed by atoms with Crippen molar-refractivity contribution in [1.82, 2.24) is 15.2 Å². The highest BCUT2D eigenvalue weighted by Crippen LogP contribution is 2.51. The van der Waals surface area contributed by atoms with Crippen LogP contribution in [0.3, 0.4) is 0 Å². The van der Waals surface area contributed by atoms with Gasteiger partial charge in [0.1, 0.15) is 29.4 Å². The van der Waals surface area contributed by atoms with Crippen LogP contribution in [-0.4, -0.2) is 101 Å². The molecule has 0 radical (unpaired) electrons. The summed E-state index contributed by atoms with van der Waals surface area (Å²) < 4.78 is 22.1. The van der Waals surface area contributed by atoms with Crippen molar-refractivity contribution in [3.63, 3.8) is 0 Å². The van der Waals surface area contributed by atoms with E-state index < -0.39 is 29.2 Å². The van der Waals surface area contributed by atoms with Gasteiger partial charge in [0, 0.05) is 200 Å². The number of carbonyl (C=O) groups is 5. The van der Waals surface area contributed by atoms with E-state index in [0.29, 0.717) is 107 Å². The number of hydrogen-bond acceptors (Lipinski definition) is 15. The lowest BCUT2D eigenvalue weighted by Crippen LogP contribution is -2.49. The molecule has 117 heavy (non-hydrogen) atoms. The average molecular weight is 1580 g/mol. The third kappa shape index (κ3) is 14.5. The van der Waals surface area contributed by atoms with E-state index in [1.807, 2.05) is 163 Å². The van der Waals surface area contributed by atoms with E-state index in [4.69, 9.17) is 9.15 Å². The van der Waals surface area contributed by atoms with Gasteiger partial charge in [-0.15, -0.1) is 0 Å². The molecule has 2 amide bonds. The summed E-state index contributed by atoms with van der Waals surface area (Å²) in [6.07, 6.45) is 16.2. The zero-order chi connectivity index (χ0) is 83.1. The minimum Gasteiger partial charge on any atom is -0.545 e. The Balaban J connectivity index is 0.837. The zero-order valence-electron chi connectivity index (χ0n) is 68.0. The molecule has 22 heteroatoms. The Kier molecular flexibility index (Phi) is 20.7. The molecule has 10 aromatic rings. The number of carboxylic acids is 3. The predicted octanol–water partition coefficient (Wildman–Crippen LogP) is 11.4. The van der Waals surface area contributed by atoms with Crippen LogP contribution in [-0.2, 0) is 13.1 Å². The molecule has 0 fully saturated rings. The topological polar surface area (TPSA) is 243 Å². The standard InChI is InChI=1S/C95H88N10O11S/c1-16-104-74-48-78-71(46-68(74)55(4)50-94(104,6)7)81(72-47-69-56(5)51-95(8,9)105(17-2)75(69)49-79(72)115-78)82-83(93(113)114)84(101-38-32-61(33-39-101)98(10)11)86(103-42-36-63(37-43-103)100(14)15)88(85(82)102-40-34-62(35-41-102)99(12)13)117-64-26-23-59(24-27-64)89(107)96-52-57-19-21-58(22-20-57)90(108)97-53-73-76(106)31-30-67-80(66-28-18-54(3)44-77(66)116-87(67)73)70-45-60(91(109)110)25-29-65(70)92(111)112/h18-51H,16-17,52-53H2,1-15H3,(H-4,96,97,107,108,109,110,111,112,113,114)/p+2. The van der Waals surface area contributed by atoms with Gasteiger partial charge in [-0.2, -0.15) is 13.7 Å². The van der Waals surface area contributed by atoms with Crippen LogP contribution < -0.4 is 79.5 Å². The molecule has 5 aliphatic rings. The number of carbonyl (C=O) groups excluding carboxylic acids is 4. The number of rotatable bonds is 21. The van der Waals surface area contributed by atoms with Gasteiger partial charge < -0.3 is 64.3 Å². The number of aromatic carboxylic acids is 3. The highest BCUT2D eigenvalue weighted by Gasteiger charge is 2.45. The van der Waals surface area contributed by atoms with Gasteiger partial charge in [-0.25, -0.2) is 9.37 Å². The van der Waals surface area contributed by atoms with Gasteiger partial charge in [0.15, 0.2) is 53.0 Å². The first-order chi connectivity index (χ1) is 55.8. The summed E-state index contributed by atoms with van der Waals surface area (Å²) in [4.78, 5) is 92.5. The Morgan fingerprint density at radius 2 is 1.13 bits per heavy atom. The summed E-state index contributed by atoms with van der Waals surface area (Å²) >= 11 is 1.43. The van der Waals surface area contributed by atoms with Gasteiger partial charge in [0.25, 0.3) is 17.5 Å². The number of hydrogen-bond donors (Lipinski definition) is 3. The van der Waals surface area contributed by atoms with E-state index in [1.54, 1.807) is 54.6 Å². The lowest BCUT2D eigenvalue weighted by molar-refractivity contribution is -0.637. The Hall–Kier alpha value is -13.5. The lowest BCUT2D eigenvalue weighted by Gasteiger charge is -2.43. The van der Waals surface area contributed by atoms with Gasteiger partial charge >= 0.3 is 11.7 Å². The Morgan fingerprint density at radius 1 is 0.556 bits per heavy atom. The number of benzene rings is 8. The van der Waals surface area contributed by atoms with Crippen molar-refractivity contribution >= 4 is 91.9 Å². The van der Waals surface area contributed by atoms with Crippen molar-refractivity contribution < 1.29 is 62.1 Å². The molecule has 0 atom stereocenters. The van der Waals surface area contributed by atoms with Gasteiger partial charge in [0.05, 0.1) is 52.3 Å². The number of nitrogens with one attached hydrogen (secondary N) is 2. The number of ether oxygens (including phenoxy) is 1. The number of nitrogens with zero attached hydrogens (tertiary/aromatic N) is 8. The number of aryl methyl sites for hydroxylation is 1. The van der Waals surface area contributed by atoms with Crippen molar-refractivity contribution in [1.29, 1.82) is 0 Å². The maximum Gasteiger partial charge on any atom is 0.335 e. The molecule has 0 spiro atoms. The molecule has 0 bridgehead atoms. The third-order valence-electron chi connectivity index (χ3n) is 22.4. The van der Waals surface area contributed by atoms with Crippen molar-refractivity contribution in [2.45, 2.75) is 96.3 Å². The minimum absolute atomic E-state index is 0.0467. The number of carboxylic acid groups (broad SMARTS) is 3. The summed E-state index contributed by atoms with van der Waals surface area (Å²) in [5.74, 6) is -3.96. The van der Waals surface area contributed by atoms with E-state index in [1.165, 1.54) is 42.1 Å². The van der Waals surface area contributed by atoms with Crippen molar-refractivity contribution in [3.05, 3.63) is 295 Å². The fourth-order valence-electron chi connectivity index (χ4n) is 16.8. The molecule has 15 rings (SSSR count). The summed E-state index contributed by atoms with van der Waals surface area (Å²) in [5, 5.41) is 46.2. The molecule has 3 aromatic heterocycles. The molecule has 0 unspecified atom stereocenters. The highest BCUT2D eigenvalue weighted by molar-refractivity contribution is 7.99. The number of aromatic nitrogens is 3. The van der Waals surface area contributed by atoms with Crippen molar-refractivity contribution in [2.24, 2.45) is 0 Å². The van der Waals surface area contributed by atoms with Crippen molar-refractivity contribution in [2.75, 3.05) is 75.0 Å². The number of allylic oxidation sites excluding steroid dienone is 2. The van der Waals surface area contributed by atoms with Crippen LogP contribution in [0.5, 0.6) is 11.5 Å². The van der Waals surface area contributed by atoms with Gasteiger partial charge in [-0.1, -0.05) is 48.2 Å². The number of likely N-dealkylation sites (N-methyl/N-ethyl adjacent to an activating group) is 2. The van der Waals surface area contributed by atoms with Crippen LogP contribution in [0.25, 0.3) is 67.2 Å². The third-order valence-corrected chi connectivity index (χ3v) is 23.5. The van der Waals surface area contributed by atoms with Gasteiger partial charge in [-0.05, 0) is 161 Å². The molecule has 3 N–H and O–H groups in total. The molecule has 4 aliphatic heterocycles. The normalized spacial score (nSPS) is 13.6. The first kappa shape index (κ1) is 78.8. The number of fused-ring (bicyclic) bond motifs is 6. The van der Waals surface area contributed by atoms with E-state index in [2.05, 4.69) is 112 Å². The quantitative estimate of drug-likeness (QED) is 0.0447. The highest BCUT2D eigenvalue weighted by atomic mass is 32.2. The Labute approximate surface area is 682 Å². The largest absolute Gasteiger partial charge is 0.545 e. The Bertz CT molecular complexity index is 6390. The fraction of sp³-hybridized carbons (Fsp3) is 0.221. The summed E-state index contributed by atoms with van der Waals surface area (Å²) in [6, 6.07) is 46.1. The van der Waals surface area contributed by atoms with E-state index >= 15 is 9.90 Å². The molecule has 7 heterocycles. The predicted molar refractivity (Wildman–Crippen MR) is 452 cm³/mol. The van der Waals surface area contributed by atoms with E-state index in [-0.39, 0.29) is 69.2 Å². The van der Waals surface area contributed by atoms with Crippen LogP contribution >= 0.6 is 11.8 Å². The smallest absolute Gasteiger partial charge is 0.335 e. The van der Waals surface area contributed by atoms with Gasteiger partial charge in [0.2, 0.25) is 11.0 Å². The molecular weight excluding hydrogens is 1490 g/mol. The van der Waals surface area contributed by atoms with E-state index in [9.17, 15) is 34.2 Å². The molecule has 1 aliphatic carbocycles. The number of pyridine rings is 3. The second kappa shape index (κ2) is 30.7. The maximum atomic E-state index is 15.6. The van der Waals surface area contributed by atoms with Gasteiger partial charge in [-0.3, -0.25) is 14.4 Å². The van der Waals surface area contributed by atoms with Crippen LogP contribution in [0.15, 0.2) is 226 Å². The van der Waals surface area contributed by atoms with Crippen LogP contribution in [0, 0.1) is 6.92 Å². The van der Waals surface area contributed by atoms with Crippen molar-refractivity contribution in [3.8, 4) is 51.0 Å². The second-order valence-electron chi connectivity index (χ2n) is 31.6. The average Bonchev–Trinajstić information content (AvgIpc) is 0.701. The molecule has 590 valence electrons. The van der Waals surface area contributed by atoms with Crippen LogP contribution in [0.1, 0.15) is 146 Å². The molecular formula is C95H90N10O11S+2. The monoisotopic (exact) mass is 1580 g/mol. The fourth-order valence-corrected chi connectivity index (χ4v) is 17.9. The summed E-state index contributed by atoms with van der Waals surface area (Å²) in [7, 11) is 11.8. The van der Waals surface area contributed by atoms with Crippen LogP contribution in [0.4, 0.5) is 22.7 Å². The zero-order valence-corrected chi connectivity index (χ0v) is 68.8. The first-order valence-electron chi connectivity index (χ1n) is 38.7. The maximum absolute atomic E-state index is 15.6. The van der Waals surface area contributed by atoms with E-state index in [0.717, 1.165) is 55.9 Å². The summed E-state index contributed by atoms with van der Waals surface area (Å²) in [5.41, 5.74) is 12.2. The number of amides is 2. The molecule has 21 nitrogen and oxygen atoms in total. The molecule has 0 saturated carbocycles. The SMILES string of the molecule is CCN1c2cc3c(cc2C(C)=CC1(C)C)C(c1c(C(=O)[O-])c(-[n+]2ccc(N(C)C)cc2)c(-[n+]2ccc(N(C)C)cc2)c(Sc2ccc(C(=O)NCc4ccc(C(=O)NCc5c6oc7cc(C)ccc7c(-c7cc(C(=O)O)ccc7C(=O)[O-])c-6ccc5=O)cc4)cc2)c1-[n+]1ccc(N(C)C)cc1)=c1cc2c(cc1O3)=[N+](CC)C(C)(C)C=C2C. The number of anilines is 4. The Morgan fingerprint density at radius 3 is 1.70 bits per heavy atom. The molecule has 7 aromatic carbocycles. The molecule has 0 saturated heterocycles. The first-order valence-corrected chi connectivity index (χ1v) is 39.6. The van der Waals surface area contributed by atoms with Crippen LogP contribution in [0.2, 0.25) is 0 Å².